The van der Waals surface area contributed by atoms with Gasteiger partial charge in [0.25, 0.3) is 0 Å². The molecule has 1 atom stereocenters. The van der Waals surface area contributed by atoms with Gasteiger partial charge in [-0.15, -0.1) is 0 Å². The molecule has 35 heavy (non-hydrogen) atoms. The molecular formula is C25H35N3O6S. The molecule has 0 aromatic heterocycles. The normalized spacial score (nSPS) is 12.4. The Labute approximate surface area is 208 Å². The molecule has 0 aliphatic heterocycles. The zero-order chi connectivity index (χ0) is 26.4. The van der Waals surface area contributed by atoms with Crippen molar-refractivity contribution >= 4 is 27.5 Å². The average molecular weight is 506 g/mol. The maximum Gasteiger partial charge on any atom is 0.244 e. The smallest absolute Gasteiger partial charge is 0.244 e. The largest absolute Gasteiger partial charge is 0.497 e. The molecule has 0 radical (unpaired) electrons. The van der Waals surface area contributed by atoms with Crippen molar-refractivity contribution in [1.29, 1.82) is 0 Å². The number of ether oxygens (including phenoxy) is 2. The summed E-state index contributed by atoms with van der Waals surface area (Å²) in [7, 11) is -0.751. The Morgan fingerprint density at radius 1 is 1.00 bits per heavy atom. The SMILES string of the molecule is COc1ccc(N(CC(=O)N(Cc2cccc(OC)c2)[C@H](C)C(=O)NC(C)(C)C)S(C)(=O)=O)cc1. The van der Waals surface area contributed by atoms with Gasteiger partial charge in [-0.25, -0.2) is 8.42 Å². The number of carbonyl (C=O) groups excluding carboxylic acids is 2. The van der Waals surface area contributed by atoms with Crippen LogP contribution in [0.5, 0.6) is 11.5 Å². The third kappa shape index (κ3) is 8.17. The first-order valence-electron chi connectivity index (χ1n) is 11.1. The fraction of sp³-hybridized carbons (Fsp3) is 0.440. The standard InChI is InChI=1S/C25H35N3O6S/c1-18(24(30)26-25(2,3)4)27(16-19-9-8-10-22(15-19)34-6)23(29)17-28(35(7,31)32)20-11-13-21(33-5)14-12-20/h8-15,18H,16-17H2,1-7H3,(H,26,30)/t18-/m1/s1. The summed E-state index contributed by atoms with van der Waals surface area (Å²) >= 11 is 0. The second-order valence-electron chi connectivity index (χ2n) is 9.26. The number of sulfonamides is 1. The summed E-state index contributed by atoms with van der Waals surface area (Å²) in [6.07, 6.45) is 1.03. The lowest BCUT2D eigenvalue weighted by Gasteiger charge is -2.33. The molecule has 192 valence electrons. The molecular weight excluding hydrogens is 470 g/mol. The maximum atomic E-state index is 13.6. The van der Waals surface area contributed by atoms with E-state index in [1.165, 1.54) is 12.0 Å². The second-order valence-corrected chi connectivity index (χ2v) is 11.2. The van der Waals surface area contributed by atoms with Gasteiger partial charge in [0.05, 0.1) is 26.2 Å². The van der Waals surface area contributed by atoms with Crippen LogP contribution >= 0.6 is 0 Å². The summed E-state index contributed by atoms with van der Waals surface area (Å²) in [4.78, 5) is 27.9. The fourth-order valence-electron chi connectivity index (χ4n) is 3.39. The van der Waals surface area contributed by atoms with Gasteiger partial charge in [0.15, 0.2) is 0 Å². The molecule has 10 heteroatoms. The number of benzene rings is 2. The van der Waals surface area contributed by atoms with E-state index in [9.17, 15) is 18.0 Å². The van der Waals surface area contributed by atoms with Gasteiger partial charge in [-0.2, -0.15) is 0 Å². The van der Waals surface area contributed by atoms with Crippen molar-refractivity contribution in [3.05, 3.63) is 54.1 Å². The van der Waals surface area contributed by atoms with Crippen LogP contribution in [0.25, 0.3) is 0 Å². The van der Waals surface area contributed by atoms with Crippen LogP contribution in [0.3, 0.4) is 0 Å². The van der Waals surface area contributed by atoms with E-state index in [0.717, 1.165) is 16.1 Å². The zero-order valence-electron chi connectivity index (χ0n) is 21.4. The lowest BCUT2D eigenvalue weighted by atomic mass is 10.1. The van der Waals surface area contributed by atoms with E-state index in [4.69, 9.17) is 9.47 Å². The molecule has 2 aromatic carbocycles. The lowest BCUT2D eigenvalue weighted by Crippen LogP contribution is -2.54. The first-order valence-corrected chi connectivity index (χ1v) is 13.0. The molecule has 2 rings (SSSR count). The van der Waals surface area contributed by atoms with Crippen molar-refractivity contribution in [2.45, 2.75) is 45.8 Å². The van der Waals surface area contributed by atoms with Gasteiger partial charge in [-0.3, -0.25) is 13.9 Å². The number of amides is 2. The van der Waals surface area contributed by atoms with Crippen LogP contribution in [0.1, 0.15) is 33.3 Å². The predicted octanol–water partition coefficient (Wildman–Crippen LogP) is 2.80. The molecule has 9 nitrogen and oxygen atoms in total. The number of carbonyl (C=O) groups is 2. The van der Waals surface area contributed by atoms with Crippen LogP contribution in [-0.2, 0) is 26.2 Å². The van der Waals surface area contributed by atoms with E-state index in [0.29, 0.717) is 17.2 Å². The number of nitrogens with one attached hydrogen (secondary N) is 1. The highest BCUT2D eigenvalue weighted by atomic mass is 32.2. The third-order valence-electron chi connectivity index (χ3n) is 5.19. The Balaban J connectivity index is 2.41. The van der Waals surface area contributed by atoms with Crippen molar-refractivity contribution in [3.63, 3.8) is 0 Å². The highest BCUT2D eigenvalue weighted by molar-refractivity contribution is 7.92. The minimum atomic E-state index is -3.80. The van der Waals surface area contributed by atoms with Crippen molar-refractivity contribution in [2.24, 2.45) is 0 Å². The molecule has 0 aliphatic carbocycles. The number of rotatable bonds is 10. The minimum Gasteiger partial charge on any atom is -0.497 e. The second kappa shape index (κ2) is 11.4. The Kier molecular flexibility index (Phi) is 9.14. The quantitative estimate of drug-likeness (QED) is 0.532. The monoisotopic (exact) mass is 505 g/mol. The van der Waals surface area contributed by atoms with Crippen LogP contribution in [0, 0.1) is 0 Å². The van der Waals surface area contributed by atoms with Crippen LogP contribution in [-0.4, -0.2) is 63.7 Å². The zero-order valence-corrected chi connectivity index (χ0v) is 22.2. The Bertz CT molecular complexity index is 1130. The summed E-state index contributed by atoms with van der Waals surface area (Å²) in [6, 6.07) is 12.7. The molecule has 0 heterocycles. The minimum absolute atomic E-state index is 0.0922. The topological polar surface area (TPSA) is 105 Å². The van der Waals surface area contributed by atoms with Crippen LogP contribution in [0.4, 0.5) is 5.69 Å². The van der Waals surface area contributed by atoms with Gasteiger partial charge in [-0.05, 0) is 69.7 Å². The Morgan fingerprint density at radius 3 is 2.11 bits per heavy atom. The summed E-state index contributed by atoms with van der Waals surface area (Å²) in [5.41, 5.74) is 0.552. The molecule has 2 aromatic rings. The van der Waals surface area contributed by atoms with Gasteiger partial charge in [0, 0.05) is 12.1 Å². The van der Waals surface area contributed by atoms with Gasteiger partial charge >= 0.3 is 0 Å². The Hall–Kier alpha value is -3.27. The molecule has 0 unspecified atom stereocenters. The van der Waals surface area contributed by atoms with Crippen molar-refractivity contribution in [1.82, 2.24) is 10.2 Å². The third-order valence-corrected chi connectivity index (χ3v) is 6.33. The van der Waals surface area contributed by atoms with E-state index in [2.05, 4.69) is 5.32 Å². The van der Waals surface area contributed by atoms with Crippen molar-refractivity contribution < 1.29 is 27.5 Å². The molecule has 0 bridgehead atoms. The maximum absolute atomic E-state index is 13.6. The van der Waals surface area contributed by atoms with Crippen molar-refractivity contribution in [2.75, 3.05) is 31.3 Å². The molecule has 0 saturated heterocycles. The van der Waals surface area contributed by atoms with Gasteiger partial charge in [-0.1, -0.05) is 12.1 Å². The summed E-state index contributed by atoms with van der Waals surface area (Å²) in [5, 5.41) is 2.89. The first-order chi connectivity index (χ1) is 16.2. The Morgan fingerprint density at radius 2 is 1.60 bits per heavy atom. The van der Waals surface area contributed by atoms with Gasteiger partial charge in [0.1, 0.15) is 24.1 Å². The first kappa shape index (κ1) is 28.0. The summed E-state index contributed by atoms with van der Waals surface area (Å²) in [5.74, 6) is 0.299. The van der Waals surface area contributed by atoms with E-state index < -0.39 is 34.1 Å². The van der Waals surface area contributed by atoms with E-state index >= 15 is 0 Å². The number of hydrogen-bond donors (Lipinski definition) is 1. The van der Waals surface area contributed by atoms with E-state index in [1.807, 2.05) is 26.8 Å². The molecule has 1 N–H and O–H groups in total. The van der Waals surface area contributed by atoms with Crippen LogP contribution in [0.15, 0.2) is 48.5 Å². The van der Waals surface area contributed by atoms with Gasteiger partial charge < -0.3 is 19.7 Å². The average Bonchev–Trinajstić information content (AvgIpc) is 2.78. The molecule has 0 fully saturated rings. The van der Waals surface area contributed by atoms with Crippen molar-refractivity contribution in [3.8, 4) is 11.5 Å². The van der Waals surface area contributed by atoms with Crippen LogP contribution < -0.4 is 19.1 Å². The number of anilines is 1. The molecule has 0 spiro atoms. The van der Waals surface area contributed by atoms with E-state index in [-0.39, 0.29) is 12.5 Å². The number of nitrogens with zero attached hydrogens (tertiary/aromatic N) is 2. The summed E-state index contributed by atoms with van der Waals surface area (Å²) < 4.78 is 36.6. The van der Waals surface area contributed by atoms with Crippen LogP contribution in [0.2, 0.25) is 0 Å². The molecule has 2 amide bonds. The summed E-state index contributed by atoms with van der Waals surface area (Å²) in [6.45, 7) is 6.79. The lowest BCUT2D eigenvalue weighted by molar-refractivity contribution is -0.140. The van der Waals surface area contributed by atoms with Gasteiger partial charge in [0.2, 0.25) is 21.8 Å². The highest BCUT2D eigenvalue weighted by Gasteiger charge is 2.31. The fourth-order valence-corrected chi connectivity index (χ4v) is 4.24. The molecule has 0 aliphatic rings. The predicted molar refractivity (Wildman–Crippen MR) is 136 cm³/mol. The highest BCUT2D eigenvalue weighted by Crippen LogP contribution is 2.23. The number of methoxy groups -OCH3 is 2. The van der Waals surface area contributed by atoms with E-state index in [1.54, 1.807) is 56.5 Å². The number of hydrogen-bond acceptors (Lipinski definition) is 6. The molecule has 0 saturated carbocycles.